The summed E-state index contributed by atoms with van der Waals surface area (Å²) >= 11 is 0. The Kier molecular flexibility index (Phi) is 6.02. The minimum Gasteiger partial charge on any atom is -0.467 e. The molecule has 5 heteroatoms. The number of aryl methyl sites for hydroxylation is 1. The Labute approximate surface area is 126 Å². The highest BCUT2D eigenvalue weighted by Crippen LogP contribution is 2.22. The minimum absolute atomic E-state index is 0.0574. The molecule has 2 atom stereocenters. The molecular formula is C16H25N3O2. The van der Waals surface area contributed by atoms with Crippen LogP contribution in [0.5, 0.6) is 0 Å². The molecular weight excluding hydrogens is 266 g/mol. The molecule has 2 heterocycles. The Morgan fingerprint density at radius 3 is 2.86 bits per heavy atom. The number of aliphatic hydroxyl groups is 1. The van der Waals surface area contributed by atoms with Crippen molar-refractivity contribution >= 4 is 0 Å². The van der Waals surface area contributed by atoms with Crippen LogP contribution in [0.15, 0.2) is 35.2 Å². The van der Waals surface area contributed by atoms with Crippen LogP contribution in [0, 0.1) is 5.92 Å². The number of hydrogen-bond donors (Lipinski definition) is 2. The third-order valence-corrected chi connectivity index (χ3v) is 3.79. The van der Waals surface area contributed by atoms with Gasteiger partial charge in [0, 0.05) is 26.0 Å². The van der Waals surface area contributed by atoms with Crippen molar-refractivity contribution in [2.45, 2.75) is 32.2 Å². The zero-order valence-electron chi connectivity index (χ0n) is 12.8. The van der Waals surface area contributed by atoms with E-state index < -0.39 is 0 Å². The van der Waals surface area contributed by atoms with Gasteiger partial charge in [-0.1, -0.05) is 13.3 Å². The topological polar surface area (TPSA) is 63.2 Å². The van der Waals surface area contributed by atoms with Gasteiger partial charge in [0.25, 0.3) is 0 Å². The van der Waals surface area contributed by atoms with Crippen LogP contribution in [0.4, 0.5) is 0 Å². The molecule has 2 unspecified atom stereocenters. The maximum atomic E-state index is 9.18. The second kappa shape index (κ2) is 8.00. The van der Waals surface area contributed by atoms with E-state index in [1.807, 2.05) is 29.9 Å². The summed E-state index contributed by atoms with van der Waals surface area (Å²) in [6.45, 7) is 3.25. The standard InChI is InChI=1S/C16H25N3O2/c1-3-5-13(7-10-20)12-18-15(14-6-4-11-21-14)16-17-8-9-19(16)2/h4,6,8-9,11,13,15,18,20H,3,5,7,10,12H2,1-2H3. The molecule has 2 rings (SSSR count). The van der Waals surface area contributed by atoms with Crippen molar-refractivity contribution in [2.24, 2.45) is 13.0 Å². The van der Waals surface area contributed by atoms with E-state index in [2.05, 4.69) is 17.2 Å². The lowest BCUT2D eigenvalue weighted by Gasteiger charge is -2.21. The number of aromatic nitrogens is 2. The molecule has 0 saturated carbocycles. The molecule has 2 aromatic rings. The fraction of sp³-hybridized carbons (Fsp3) is 0.562. The first-order chi connectivity index (χ1) is 10.3. The number of aliphatic hydroxyl groups excluding tert-OH is 1. The molecule has 5 nitrogen and oxygen atoms in total. The van der Waals surface area contributed by atoms with Crippen molar-refractivity contribution in [1.29, 1.82) is 0 Å². The third kappa shape index (κ3) is 4.19. The average Bonchev–Trinajstić information content (AvgIpc) is 3.12. The molecule has 0 saturated heterocycles. The van der Waals surface area contributed by atoms with E-state index in [0.717, 1.165) is 37.4 Å². The lowest BCUT2D eigenvalue weighted by molar-refractivity contribution is 0.244. The van der Waals surface area contributed by atoms with Crippen molar-refractivity contribution in [1.82, 2.24) is 14.9 Å². The van der Waals surface area contributed by atoms with E-state index in [1.165, 1.54) is 0 Å². The maximum absolute atomic E-state index is 9.18. The summed E-state index contributed by atoms with van der Waals surface area (Å²) in [6, 6.07) is 3.80. The van der Waals surface area contributed by atoms with Crippen LogP contribution in [-0.2, 0) is 7.05 Å². The summed E-state index contributed by atoms with van der Waals surface area (Å²) in [7, 11) is 1.98. The summed E-state index contributed by atoms with van der Waals surface area (Å²) in [5.41, 5.74) is 0. The van der Waals surface area contributed by atoms with Gasteiger partial charge in [0.05, 0.1) is 6.26 Å². The van der Waals surface area contributed by atoms with Crippen molar-refractivity contribution in [3.05, 3.63) is 42.4 Å². The van der Waals surface area contributed by atoms with E-state index >= 15 is 0 Å². The van der Waals surface area contributed by atoms with Gasteiger partial charge in [0.15, 0.2) is 0 Å². The molecule has 2 N–H and O–H groups in total. The zero-order chi connectivity index (χ0) is 15.1. The van der Waals surface area contributed by atoms with Crippen LogP contribution < -0.4 is 5.32 Å². The highest BCUT2D eigenvalue weighted by atomic mass is 16.3. The molecule has 0 amide bonds. The van der Waals surface area contributed by atoms with Crippen molar-refractivity contribution < 1.29 is 9.52 Å². The second-order valence-electron chi connectivity index (χ2n) is 5.42. The van der Waals surface area contributed by atoms with Crippen molar-refractivity contribution in [3.8, 4) is 0 Å². The Morgan fingerprint density at radius 1 is 1.43 bits per heavy atom. The first-order valence-electron chi connectivity index (χ1n) is 7.61. The first-order valence-corrected chi connectivity index (χ1v) is 7.61. The van der Waals surface area contributed by atoms with Gasteiger partial charge < -0.3 is 19.4 Å². The smallest absolute Gasteiger partial charge is 0.133 e. The van der Waals surface area contributed by atoms with Gasteiger partial charge in [0.2, 0.25) is 0 Å². The number of rotatable bonds is 9. The van der Waals surface area contributed by atoms with Gasteiger partial charge in [-0.05, 0) is 37.4 Å². The molecule has 0 aliphatic rings. The molecule has 0 bridgehead atoms. The molecule has 0 spiro atoms. The second-order valence-corrected chi connectivity index (χ2v) is 5.42. The van der Waals surface area contributed by atoms with Crippen LogP contribution in [0.1, 0.15) is 43.8 Å². The molecule has 0 radical (unpaired) electrons. The quantitative estimate of drug-likeness (QED) is 0.745. The average molecular weight is 291 g/mol. The van der Waals surface area contributed by atoms with Crippen LogP contribution in [-0.4, -0.2) is 27.8 Å². The Balaban J connectivity index is 2.08. The lowest BCUT2D eigenvalue weighted by atomic mass is 9.99. The monoisotopic (exact) mass is 291 g/mol. The van der Waals surface area contributed by atoms with E-state index in [9.17, 15) is 5.11 Å². The molecule has 2 aromatic heterocycles. The largest absolute Gasteiger partial charge is 0.467 e. The van der Waals surface area contributed by atoms with Crippen LogP contribution >= 0.6 is 0 Å². The Hall–Kier alpha value is -1.59. The number of nitrogens with one attached hydrogen (secondary N) is 1. The van der Waals surface area contributed by atoms with Crippen LogP contribution in [0.2, 0.25) is 0 Å². The highest BCUT2D eigenvalue weighted by Gasteiger charge is 2.21. The molecule has 0 aromatic carbocycles. The molecule has 0 aliphatic carbocycles. The summed E-state index contributed by atoms with van der Waals surface area (Å²) in [5, 5.41) is 12.7. The number of imidazole rings is 1. The van der Waals surface area contributed by atoms with Gasteiger partial charge in [-0.2, -0.15) is 0 Å². The van der Waals surface area contributed by atoms with Crippen molar-refractivity contribution in [2.75, 3.05) is 13.2 Å². The fourth-order valence-corrected chi connectivity index (χ4v) is 2.65. The van der Waals surface area contributed by atoms with Gasteiger partial charge in [-0.25, -0.2) is 4.98 Å². The molecule has 0 fully saturated rings. The summed E-state index contributed by atoms with van der Waals surface area (Å²) in [6.07, 6.45) is 8.48. The summed E-state index contributed by atoms with van der Waals surface area (Å²) in [4.78, 5) is 4.43. The normalized spacial score (nSPS) is 14.2. The maximum Gasteiger partial charge on any atom is 0.133 e. The highest BCUT2D eigenvalue weighted by molar-refractivity contribution is 5.15. The minimum atomic E-state index is -0.0574. The molecule has 21 heavy (non-hydrogen) atoms. The number of hydrogen-bond acceptors (Lipinski definition) is 4. The predicted molar refractivity (Wildman–Crippen MR) is 81.9 cm³/mol. The van der Waals surface area contributed by atoms with E-state index in [1.54, 1.807) is 12.5 Å². The van der Waals surface area contributed by atoms with E-state index in [4.69, 9.17) is 4.42 Å². The molecule has 0 aliphatic heterocycles. The Bertz CT molecular complexity index is 501. The third-order valence-electron chi connectivity index (χ3n) is 3.79. The van der Waals surface area contributed by atoms with E-state index in [-0.39, 0.29) is 12.6 Å². The van der Waals surface area contributed by atoms with Gasteiger partial charge in [0.1, 0.15) is 17.6 Å². The van der Waals surface area contributed by atoms with Gasteiger partial charge in [-0.15, -0.1) is 0 Å². The number of nitrogens with zero attached hydrogens (tertiary/aromatic N) is 2. The summed E-state index contributed by atoms with van der Waals surface area (Å²) < 4.78 is 7.56. The lowest BCUT2D eigenvalue weighted by Crippen LogP contribution is -2.30. The van der Waals surface area contributed by atoms with Crippen LogP contribution in [0.25, 0.3) is 0 Å². The van der Waals surface area contributed by atoms with Crippen molar-refractivity contribution in [3.63, 3.8) is 0 Å². The Morgan fingerprint density at radius 2 is 2.29 bits per heavy atom. The summed E-state index contributed by atoms with van der Waals surface area (Å²) in [5.74, 6) is 2.27. The zero-order valence-corrected chi connectivity index (χ0v) is 12.8. The predicted octanol–water partition coefficient (Wildman–Crippen LogP) is 2.49. The van der Waals surface area contributed by atoms with Crippen LogP contribution in [0.3, 0.4) is 0 Å². The fourth-order valence-electron chi connectivity index (χ4n) is 2.65. The van der Waals surface area contributed by atoms with E-state index in [0.29, 0.717) is 5.92 Å². The first kappa shape index (κ1) is 15.8. The SMILES string of the molecule is CCCC(CCO)CNC(c1ccco1)c1nccn1C. The van der Waals surface area contributed by atoms with Gasteiger partial charge >= 0.3 is 0 Å². The van der Waals surface area contributed by atoms with Gasteiger partial charge in [-0.3, -0.25) is 0 Å². The molecule has 116 valence electrons. The number of furan rings is 1.